The van der Waals surface area contributed by atoms with Gasteiger partial charge in [-0.3, -0.25) is 14.4 Å². The number of thiol groups is 1. The van der Waals surface area contributed by atoms with Crippen LogP contribution in [-0.2, 0) is 32.0 Å². The van der Waals surface area contributed by atoms with Crippen LogP contribution in [0, 0.1) is 0 Å². The van der Waals surface area contributed by atoms with Crippen molar-refractivity contribution in [2.75, 3.05) is 12.3 Å². The monoisotopic (exact) mass is 511 g/mol. The number of benzene rings is 2. The van der Waals surface area contributed by atoms with E-state index in [4.69, 9.17) is 5.73 Å². The first kappa shape index (κ1) is 26.8. The fraction of sp³-hybridized carbons (Fsp3) is 0.280. The zero-order chi connectivity index (χ0) is 26.1. The topological polar surface area (TPSA) is 166 Å². The smallest absolute Gasteiger partial charge is 0.326 e. The van der Waals surface area contributed by atoms with Gasteiger partial charge < -0.3 is 31.8 Å². The van der Waals surface area contributed by atoms with Crippen LogP contribution in [0.2, 0.25) is 0 Å². The van der Waals surface area contributed by atoms with E-state index in [-0.39, 0.29) is 12.2 Å². The first-order chi connectivity index (χ1) is 17.3. The second-order valence-corrected chi connectivity index (χ2v) is 8.64. The number of nitrogens with one attached hydrogen (secondary N) is 4. The van der Waals surface area contributed by atoms with Crippen LogP contribution in [0.1, 0.15) is 11.1 Å². The number of H-pyrrole nitrogens is 1. The molecule has 190 valence electrons. The van der Waals surface area contributed by atoms with Crippen molar-refractivity contribution < 1.29 is 24.3 Å². The minimum absolute atomic E-state index is 0.0183. The number of hydrogen-bond acceptors (Lipinski definition) is 6. The lowest BCUT2D eigenvalue weighted by atomic mass is 10.0. The van der Waals surface area contributed by atoms with E-state index in [1.54, 1.807) is 6.20 Å². The van der Waals surface area contributed by atoms with E-state index in [2.05, 4.69) is 33.6 Å². The molecular formula is C25H29N5O5S. The summed E-state index contributed by atoms with van der Waals surface area (Å²) in [5, 5.41) is 17.8. The zero-order valence-electron chi connectivity index (χ0n) is 19.4. The Hall–Kier alpha value is -3.83. The molecule has 0 aliphatic rings. The molecule has 3 rings (SSSR count). The standard InChI is InChI=1S/C25H29N5O5S/c26-18(10-15-6-2-1-3-7-15)23(32)30-21(14-36)24(33)28-13-22(31)29-20(25(34)35)11-16-12-27-19-9-5-4-8-17(16)19/h1-9,12,18,20-21,27,36H,10-11,13-14,26H2,(H,28,33)(H,29,31)(H,30,32)(H,34,35). The largest absolute Gasteiger partial charge is 0.480 e. The summed E-state index contributed by atoms with van der Waals surface area (Å²) >= 11 is 4.11. The van der Waals surface area contributed by atoms with E-state index in [9.17, 15) is 24.3 Å². The molecule has 7 N–H and O–H groups in total. The average Bonchev–Trinajstić information content (AvgIpc) is 3.28. The molecule has 0 aliphatic carbocycles. The summed E-state index contributed by atoms with van der Waals surface area (Å²) in [5.41, 5.74) is 8.44. The molecule has 0 bridgehead atoms. The van der Waals surface area contributed by atoms with Crippen molar-refractivity contribution in [2.24, 2.45) is 5.73 Å². The van der Waals surface area contributed by atoms with E-state index in [1.807, 2.05) is 54.6 Å². The number of aromatic amines is 1. The number of hydrogen-bond donors (Lipinski definition) is 7. The SMILES string of the molecule is NC(Cc1ccccc1)C(=O)NC(CS)C(=O)NCC(=O)NC(Cc1c[nH]c2ccccc12)C(=O)O. The van der Waals surface area contributed by atoms with Gasteiger partial charge in [0.1, 0.15) is 12.1 Å². The van der Waals surface area contributed by atoms with Crippen LogP contribution in [0.25, 0.3) is 10.9 Å². The highest BCUT2D eigenvalue weighted by Crippen LogP contribution is 2.19. The van der Waals surface area contributed by atoms with Gasteiger partial charge in [0, 0.05) is 29.3 Å². The Morgan fingerprint density at radius 1 is 0.917 bits per heavy atom. The Bertz CT molecular complexity index is 1220. The number of carbonyl (C=O) groups excluding carboxylic acids is 3. The number of aliphatic carboxylic acids is 1. The Morgan fingerprint density at radius 3 is 2.31 bits per heavy atom. The lowest BCUT2D eigenvalue weighted by Gasteiger charge is -2.20. The molecule has 3 amide bonds. The molecule has 1 heterocycles. The second-order valence-electron chi connectivity index (χ2n) is 8.28. The molecule has 0 saturated carbocycles. The van der Waals surface area contributed by atoms with Crippen LogP contribution in [0.5, 0.6) is 0 Å². The average molecular weight is 512 g/mol. The molecule has 3 unspecified atom stereocenters. The third-order valence-electron chi connectivity index (χ3n) is 5.61. The van der Waals surface area contributed by atoms with E-state index in [0.29, 0.717) is 6.42 Å². The molecule has 0 saturated heterocycles. The van der Waals surface area contributed by atoms with Crippen LogP contribution < -0.4 is 21.7 Å². The van der Waals surface area contributed by atoms with Crippen molar-refractivity contribution >= 4 is 47.2 Å². The molecule has 0 radical (unpaired) electrons. The predicted molar refractivity (Wildman–Crippen MR) is 138 cm³/mol. The van der Waals surface area contributed by atoms with E-state index >= 15 is 0 Å². The molecule has 0 fully saturated rings. The Labute approximate surface area is 213 Å². The van der Waals surface area contributed by atoms with E-state index in [0.717, 1.165) is 22.0 Å². The number of fused-ring (bicyclic) bond motifs is 1. The molecule has 11 heteroatoms. The summed E-state index contributed by atoms with van der Waals surface area (Å²) in [6, 6.07) is 13.6. The van der Waals surface area contributed by atoms with Gasteiger partial charge in [-0.05, 0) is 23.6 Å². The highest BCUT2D eigenvalue weighted by atomic mass is 32.1. The Morgan fingerprint density at radius 2 is 1.61 bits per heavy atom. The quantitative estimate of drug-likeness (QED) is 0.174. The third kappa shape index (κ3) is 7.33. The van der Waals surface area contributed by atoms with Crippen molar-refractivity contribution in [1.82, 2.24) is 20.9 Å². The number of carboxylic acids is 1. The molecule has 1 aromatic heterocycles. The fourth-order valence-corrected chi connectivity index (χ4v) is 3.95. The maximum absolute atomic E-state index is 12.5. The summed E-state index contributed by atoms with van der Waals surface area (Å²) in [6.45, 7) is -0.466. The molecule has 10 nitrogen and oxygen atoms in total. The zero-order valence-corrected chi connectivity index (χ0v) is 20.3. The number of aromatic nitrogens is 1. The number of para-hydroxylation sites is 1. The molecule has 0 aliphatic heterocycles. The highest BCUT2D eigenvalue weighted by Gasteiger charge is 2.25. The van der Waals surface area contributed by atoms with Gasteiger partial charge in [0.2, 0.25) is 17.7 Å². The summed E-state index contributed by atoms with van der Waals surface area (Å²) < 4.78 is 0. The van der Waals surface area contributed by atoms with Gasteiger partial charge in [-0.25, -0.2) is 4.79 Å². The minimum Gasteiger partial charge on any atom is -0.480 e. The fourth-order valence-electron chi connectivity index (χ4n) is 3.69. The van der Waals surface area contributed by atoms with Gasteiger partial charge in [0.15, 0.2) is 0 Å². The maximum Gasteiger partial charge on any atom is 0.326 e. The number of rotatable bonds is 12. The molecular weight excluding hydrogens is 482 g/mol. The van der Waals surface area contributed by atoms with Crippen molar-refractivity contribution in [3.8, 4) is 0 Å². The summed E-state index contributed by atoms with van der Waals surface area (Å²) in [7, 11) is 0. The van der Waals surface area contributed by atoms with E-state index in [1.165, 1.54) is 0 Å². The van der Waals surface area contributed by atoms with Crippen LogP contribution in [0.4, 0.5) is 0 Å². The van der Waals surface area contributed by atoms with Gasteiger partial charge in [-0.15, -0.1) is 0 Å². The van der Waals surface area contributed by atoms with Gasteiger partial charge in [0.05, 0.1) is 12.6 Å². The number of carboxylic acid groups (broad SMARTS) is 1. The predicted octanol–water partition coefficient (Wildman–Crippen LogP) is 0.381. The van der Waals surface area contributed by atoms with Crippen LogP contribution in [0.15, 0.2) is 60.8 Å². The van der Waals surface area contributed by atoms with Crippen LogP contribution >= 0.6 is 12.6 Å². The second kappa shape index (κ2) is 12.8. The lowest BCUT2D eigenvalue weighted by Crippen LogP contribution is -2.54. The molecule has 0 spiro atoms. The first-order valence-corrected chi connectivity index (χ1v) is 12.0. The summed E-state index contributed by atoms with van der Waals surface area (Å²) in [4.78, 5) is 52.1. The van der Waals surface area contributed by atoms with Crippen molar-refractivity contribution in [3.05, 3.63) is 71.9 Å². The molecule has 3 atom stereocenters. The number of nitrogens with two attached hydrogens (primary N) is 1. The van der Waals surface area contributed by atoms with Gasteiger partial charge in [-0.1, -0.05) is 48.5 Å². The summed E-state index contributed by atoms with van der Waals surface area (Å²) in [5.74, 6) is -3.06. The first-order valence-electron chi connectivity index (χ1n) is 11.3. The third-order valence-corrected chi connectivity index (χ3v) is 5.97. The minimum atomic E-state index is -1.20. The highest BCUT2D eigenvalue weighted by molar-refractivity contribution is 7.80. The van der Waals surface area contributed by atoms with Crippen molar-refractivity contribution in [1.29, 1.82) is 0 Å². The Kier molecular flexibility index (Phi) is 9.48. The van der Waals surface area contributed by atoms with Crippen molar-refractivity contribution in [2.45, 2.75) is 31.0 Å². The number of carbonyl (C=O) groups is 4. The lowest BCUT2D eigenvalue weighted by molar-refractivity contribution is -0.141. The van der Waals surface area contributed by atoms with Crippen molar-refractivity contribution in [3.63, 3.8) is 0 Å². The van der Waals surface area contributed by atoms with Gasteiger partial charge in [0.25, 0.3) is 0 Å². The Balaban J connectivity index is 1.50. The van der Waals surface area contributed by atoms with Crippen LogP contribution in [-0.4, -0.2) is 64.2 Å². The maximum atomic E-state index is 12.5. The molecule has 2 aromatic carbocycles. The van der Waals surface area contributed by atoms with Crippen LogP contribution in [0.3, 0.4) is 0 Å². The van der Waals surface area contributed by atoms with Gasteiger partial charge in [-0.2, -0.15) is 12.6 Å². The molecule has 36 heavy (non-hydrogen) atoms. The molecule has 3 aromatic rings. The van der Waals surface area contributed by atoms with Gasteiger partial charge >= 0.3 is 5.97 Å². The summed E-state index contributed by atoms with van der Waals surface area (Å²) in [6.07, 6.45) is 2.06. The van der Waals surface area contributed by atoms with E-state index < -0.39 is 48.4 Å². The number of amides is 3. The normalized spacial score (nSPS) is 13.4.